The van der Waals surface area contributed by atoms with Gasteiger partial charge in [0, 0.05) is 4.47 Å². The van der Waals surface area contributed by atoms with Crippen LogP contribution in [0.25, 0.3) is 0 Å². The van der Waals surface area contributed by atoms with Crippen LogP contribution in [0.4, 0.5) is 0 Å². The van der Waals surface area contributed by atoms with Crippen molar-refractivity contribution in [2.45, 2.75) is 33.3 Å². The summed E-state index contributed by atoms with van der Waals surface area (Å²) in [7, 11) is 0. The molecule has 72 valence electrons. The predicted octanol–water partition coefficient (Wildman–Crippen LogP) is 2.99. The third kappa shape index (κ3) is 2.55. The van der Waals surface area contributed by atoms with Crippen LogP contribution in [0.3, 0.4) is 0 Å². The minimum Gasteiger partial charge on any atom is -0.393 e. The molecule has 0 heterocycles. The van der Waals surface area contributed by atoms with Crippen LogP contribution in [0.2, 0.25) is 0 Å². The Morgan fingerprint density at radius 2 is 2.00 bits per heavy atom. The molecule has 0 aliphatic carbocycles. The summed E-state index contributed by atoms with van der Waals surface area (Å²) in [6, 6.07) is 4.16. The van der Waals surface area contributed by atoms with Gasteiger partial charge >= 0.3 is 0 Å². The van der Waals surface area contributed by atoms with E-state index in [1.165, 1.54) is 16.7 Å². The Morgan fingerprint density at radius 3 is 2.54 bits per heavy atom. The summed E-state index contributed by atoms with van der Waals surface area (Å²) in [5, 5.41) is 9.28. The molecule has 1 rings (SSSR count). The van der Waals surface area contributed by atoms with Gasteiger partial charge in [-0.15, -0.1) is 0 Å². The maximum atomic E-state index is 9.28. The van der Waals surface area contributed by atoms with Crippen LogP contribution in [0.15, 0.2) is 16.6 Å². The van der Waals surface area contributed by atoms with E-state index in [9.17, 15) is 5.11 Å². The monoisotopic (exact) mass is 242 g/mol. The van der Waals surface area contributed by atoms with Crippen LogP contribution in [0.1, 0.15) is 23.6 Å². The van der Waals surface area contributed by atoms with E-state index in [-0.39, 0.29) is 6.10 Å². The number of halogens is 1. The largest absolute Gasteiger partial charge is 0.393 e. The van der Waals surface area contributed by atoms with Gasteiger partial charge in [-0.1, -0.05) is 28.1 Å². The maximum absolute atomic E-state index is 9.28. The smallest absolute Gasteiger partial charge is 0.0552 e. The fourth-order valence-electron chi connectivity index (χ4n) is 1.40. The van der Waals surface area contributed by atoms with E-state index in [4.69, 9.17) is 0 Å². The SMILES string of the molecule is Cc1ccc(CC(C)O)c(C)c1Br. The molecule has 0 aliphatic heterocycles. The molecular weight excluding hydrogens is 228 g/mol. The van der Waals surface area contributed by atoms with Crippen LogP contribution < -0.4 is 0 Å². The summed E-state index contributed by atoms with van der Waals surface area (Å²) in [4.78, 5) is 0. The highest BCUT2D eigenvalue weighted by Crippen LogP contribution is 2.24. The standard InChI is InChI=1S/C11H15BrO/c1-7-4-5-10(6-8(2)13)9(3)11(7)12/h4-5,8,13H,6H2,1-3H3. The zero-order valence-corrected chi connectivity index (χ0v) is 9.85. The molecule has 0 fully saturated rings. The highest BCUT2D eigenvalue weighted by molar-refractivity contribution is 9.10. The normalized spacial score (nSPS) is 13.0. The van der Waals surface area contributed by atoms with Gasteiger partial charge in [0.15, 0.2) is 0 Å². The highest BCUT2D eigenvalue weighted by Gasteiger charge is 2.06. The summed E-state index contributed by atoms with van der Waals surface area (Å²) < 4.78 is 1.16. The highest BCUT2D eigenvalue weighted by atomic mass is 79.9. The zero-order chi connectivity index (χ0) is 10.0. The molecule has 0 aromatic heterocycles. The summed E-state index contributed by atoms with van der Waals surface area (Å²) in [5.74, 6) is 0. The average Bonchev–Trinajstić information content (AvgIpc) is 2.06. The van der Waals surface area contributed by atoms with Gasteiger partial charge < -0.3 is 5.11 Å². The molecule has 1 nitrogen and oxygen atoms in total. The molecule has 2 heteroatoms. The Kier molecular flexibility index (Phi) is 3.51. The summed E-state index contributed by atoms with van der Waals surface area (Å²) in [6.07, 6.45) is 0.457. The Bertz CT molecular complexity index is 305. The van der Waals surface area contributed by atoms with Crippen molar-refractivity contribution in [2.75, 3.05) is 0 Å². The number of hydrogen-bond acceptors (Lipinski definition) is 1. The van der Waals surface area contributed by atoms with Crippen LogP contribution in [-0.2, 0) is 6.42 Å². The fraction of sp³-hybridized carbons (Fsp3) is 0.455. The third-order valence-electron chi connectivity index (χ3n) is 2.21. The molecule has 0 bridgehead atoms. The summed E-state index contributed by atoms with van der Waals surface area (Å²) in [5.41, 5.74) is 3.69. The van der Waals surface area contributed by atoms with E-state index in [0.717, 1.165) is 10.9 Å². The lowest BCUT2D eigenvalue weighted by Gasteiger charge is -2.11. The molecule has 0 saturated heterocycles. The Labute approximate surface area is 87.9 Å². The third-order valence-corrected chi connectivity index (χ3v) is 3.43. The molecule has 1 aromatic carbocycles. The van der Waals surface area contributed by atoms with Gasteiger partial charge in [0.05, 0.1) is 6.10 Å². The van der Waals surface area contributed by atoms with E-state index >= 15 is 0 Å². The molecule has 0 aliphatic rings. The molecule has 1 aromatic rings. The topological polar surface area (TPSA) is 20.2 Å². The van der Waals surface area contributed by atoms with Crippen molar-refractivity contribution in [3.05, 3.63) is 33.3 Å². The molecule has 13 heavy (non-hydrogen) atoms. The maximum Gasteiger partial charge on any atom is 0.0552 e. The van der Waals surface area contributed by atoms with Crippen molar-refractivity contribution < 1.29 is 5.11 Å². The van der Waals surface area contributed by atoms with Gasteiger partial charge in [-0.3, -0.25) is 0 Å². The van der Waals surface area contributed by atoms with Crippen molar-refractivity contribution in [2.24, 2.45) is 0 Å². The van der Waals surface area contributed by atoms with Gasteiger partial charge in [0.1, 0.15) is 0 Å². The van der Waals surface area contributed by atoms with Crippen LogP contribution >= 0.6 is 15.9 Å². The minimum atomic E-state index is -0.270. The van der Waals surface area contributed by atoms with E-state index < -0.39 is 0 Å². The molecule has 0 saturated carbocycles. The van der Waals surface area contributed by atoms with Crippen molar-refractivity contribution >= 4 is 15.9 Å². The average molecular weight is 243 g/mol. The number of aliphatic hydroxyl groups is 1. The second-order valence-corrected chi connectivity index (χ2v) is 4.33. The van der Waals surface area contributed by atoms with Gasteiger partial charge in [0.25, 0.3) is 0 Å². The number of hydrogen-bond donors (Lipinski definition) is 1. The Morgan fingerprint density at radius 1 is 1.38 bits per heavy atom. The first-order chi connectivity index (χ1) is 6.02. The van der Waals surface area contributed by atoms with E-state index in [2.05, 4.69) is 41.9 Å². The van der Waals surface area contributed by atoms with Crippen LogP contribution in [0, 0.1) is 13.8 Å². The van der Waals surface area contributed by atoms with Crippen molar-refractivity contribution in [3.63, 3.8) is 0 Å². The molecule has 1 N–H and O–H groups in total. The van der Waals surface area contributed by atoms with E-state index in [1.54, 1.807) is 0 Å². The number of aryl methyl sites for hydroxylation is 1. The molecule has 0 radical (unpaired) electrons. The first-order valence-electron chi connectivity index (χ1n) is 4.45. The van der Waals surface area contributed by atoms with E-state index in [1.807, 2.05) is 6.92 Å². The molecule has 0 amide bonds. The van der Waals surface area contributed by atoms with Gasteiger partial charge in [-0.2, -0.15) is 0 Å². The quantitative estimate of drug-likeness (QED) is 0.846. The van der Waals surface area contributed by atoms with Crippen molar-refractivity contribution in [1.29, 1.82) is 0 Å². The number of aliphatic hydroxyl groups excluding tert-OH is 1. The molecule has 1 atom stereocenters. The van der Waals surface area contributed by atoms with E-state index in [0.29, 0.717) is 0 Å². The van der Waals surface area contributed by atoms with Gasteiger partial charge in [0.2, 0.25) is 0 Å². The number of benzene rings is 1. The summed E-state index contributed by atoms with van der Waals surface area (Å²) in [6.45, 7) is 5.96. The summed E-state index contributed by atoms with van der Waals surface area (Å²) >= 11 is 3.54. The lowest BCUT2D eigenvalue weighted by atomic mass is 10.0. The minimum absolute atomic E-state index is 0.270. The first kappa shape index (κ1) is 10.7. The van der Waals surface area contributed by atoms with Gasteiger partial charge in [-0.05, 0) is 43.9 Å². The first-order valence-corrected chi connectivity index (χ1v) is 5.24. The Hall–Kier alpha value is -0.340. The second kappa shape index (κ2) is 4.25. The van der Waals surface area contributed by atoms with Gasteiger partial charge in [-0.25, -0.2) is 0 Å². The molecular formula is C11H15BrO. The predicted molar refractivity (Wildman–Crippen MR) is 59.0 cm³/mol. The number of rotatable bonds is 2. The van der Waals surface area contributed by atoms with Crippen molar-refractivity contribution in [3.8, 4) is 0 Å². The molecule has 0 spiro atoms. The second-order valence-electron chi connectivity index (χ2n) is 3.53. The molecule has 1 unspecified atom stereocenters. The lowest BCUT2D eigenvalue weighted by Crippen LogP contribution is -2.06. The van der Waals surface area contributed by atoms with Crippen LogP contribution in [-0.4, -0.2) is 11.2 Å². The lowest BCUT2D eigenvalue weighted by molar-refractivity contribution is 0.195. The van der Waals surface area contributed by atoms with Crippen LogP contribution in [0.5, 0.6) is 0 Å². The van der Waals surface area contributed by atoms with Crippen molar-refractivity contribution in [1.82, 2.24) is 0 Å². The zero-order valence-electron chi connectivity index (χ0n) is 8.26. The fourth-order valence-corrected chi connectivity index (χ4v) is 1.79. The Balaban J connectivity index is 3.04.